The summed E-state index contributed by atoms with van der Waals surface area (Å²) < 4.78 is 13.8. The van der Waals surface area contributed by atoms with Crippen molar-refractivity contribution < 1.29 is 14.1 Å². The number of halogens is 1. The maximum Gasteiger partial charge on any atom is 0.322 e. The molecule has 6 nitrogen and oxygen atoms in total. The second-order valence-corrected chi connectivity index (χ2v) is 4.19. The summed E-state index contributed by atoms with van der Waals surface area (Å²) in [6.45, 7) is 1.46. The summed E-state index contributed by atoms with van der Waals surface area (Å²) in [5.74, 6) is -0.593. The van der Waals surface area contributed by atoms with Gasteiger partial charge in [-0.15, -0.1) is 0 Å². The van der Waals surface area contributed by atoms with Gasteiger partial charge in [-0.2, -0.15) is 0 Å². The first-order valence-corrected chi connectivity index (χ1v) is 5.57. The Morgan fingerprint density at radius 1 is 1.42 bits per heavy atom. The number of nitrogens with zero attached hydrogens (tertiary/aromatic N) is 2. The minimum absolute atomic E-state index is 0.0787. The molecule has 19 heavy (non-hydrogen) atoms. The number of hydrogen-bond acceptors (Lipinski definition) is 3. The Hall–Kier alpha value is -2.44. The van der Waals surface area contributed by atoms with Gasteiger partial charge in [0.05, 0.1) is 10.6 Å². The van der Waals surface area contributed by atoms with Gasteiger partial charge in [0.2, 0.25) is 0 Å². The molecule has 0 aromatic heterocycles. The van der Waals surface area contributed by atoms with E-state index < -0.39 is 22.8 Å². The van der Waals surface area contributed by atoms with E-state index in [1.165, 1.54) is 32.2 Å². The molecule has 2 rings (SSSR count). The van der Waals surface area contributed by atoms with Gasteiger partial charge in [0.15, 0.2) is 6.04 Å². The van der Waals surface area contributed by atoms with Crippen LogP contribution in [-0.4, -0.2) is 22.9 Å². The Kier molecular flexibility index (Phi) is 3.20. The van der Waals surface area contributed by atoms with Crippen LogP contribution in [0.3, 0.4) is 0 Å². The fraction of sp³-hybridized carbons (Fsp3) is 0.250. The number of nitro groups is 1. The summed E-state index contributed by atoms with van der Waals surface area (Å²) in [4.78, 5) is 23.4. The van der Waals surface area contributed by atoms with Gasteiger partial charge in [-0.25, -0.2) is 9.18 Å². The SMILES string of the molecule is CC1=C([N+](=O)[O-])[C@@H](c2ccccc2F)NC(=O)N1C. The number of urea groups is 1. The van der Waals surface area contributed by atoms with Crippen LogP contribution >= 0.6 is 0 Å². The summed E-state index contributed by atoms with van der Waals surface area (Å²) in [7, 11) is 1.42. The van der Waals surface area contributed by atoms with E-state index in [2.05, 4.69) is 5.32 Å². The van der Waals surface area contributed by atoms with Crippen LogP contribution in [0.1, 0.15) is 18.5 Å². The normalized spacial score (nSPS) is 19.4. The molecule has 1 aromatic rings. The van der Waals surface area contributed by atoms with Crippen LogP contribution in [0.25, 0.3) is 0 Å². The van der Waals surface area contributed by atoms with E-state index in [1.54, 1.807) is 6.07 Å². The highest BCUT2D eigenvalue weighted by Gasteiger charge is 2.39. The van der Waals surface area contributed by atoms with Gasteiger partial charge in [-0.1, -0.05) is 18.2 Å². The summed E-state index contributed by atoms with van der Waals surface area (Å²) in [6.07, 6.45) is 0. The molecule has 0 spiro atoms. The molecule has 0 radical (unpaired) electrons. The van der Waals surface area contributed by atoms with Crippen LogP contribution in [0, 0.1) is 15.9 Å². The van der Waals surface area contributed by atoms with Gasteiger partial charge < -0.3 is 5.32 Å². The summed E-state index contributed by atoms with van der Waals surface area (Å²) in [6, 6.07) is 4.08. The number of hydrogen-bond donors (Lipinski definition) is 1. The number of carbonyl (C=O) groups is 1. The van der Waals surface area contributed by atoms with Crippen molar-refractivity contribution >= 4 is 6.03 Å². The van der Waals surface area contributed by atoms with Crippen LogP contribution < -0.4 is 5.32 Å². The Morgan fingerprint density at radius 3 is 2.63 bits per heavy atom. The quantitative estimate of drug-likeness (QED) is 0.656. The molecule has 1 N–H and O–H groups in total. The van der Waals surface area contributed by atoms with E-state index in [1.807, 2.05) is 0 Å². The monoisotopic (exact) mass is 265 g/mol. The van der Waals surface area contributed by atoms with Gasteiger partial charge in [-0.3, -0.25) is 15.0 Å². The van der Waals surface area contributed by atoms with Crippen molar-refractivity contribution in [1.82, 2.24) is 10.2 Å². The van der Waals surface area contributed by atoms with Crippen LogP contribution in [0.4, 0.5) is 9.18 Å². The predicted molar refractivity (Wildman–Crippen MR) is 65.1 cm³/mol. The molecule has 0 bridgehead atoms. The second-order valence-electron chi connectivity index (χ2n) is 4.19. The molecule has 100 valence electrons. The molecule has 0 saturated carbocycles. The van der Waals surface area contributed by atoms with Gasteiger partial charge >= 0.3 is 6.03 Å². The van der Waals surface area contributed by atoms with Crippen molar-refractivity contribution in [3.63, 3.8) is 0 Å². The van der Waals surface area contributed by atoms with E-state index in [0.29, 0.717) is 0 Å². The van der Waals surface area contributed by atoms with Crippen molar-refractivity contribution in [2.45, 2.75) is 13.0 Å². The molecule has 1 aliphatic rings. The second kappa shape index (κ2) is 4.68. The van der Waals surface area contributed by atoms with Crippen molar-refractivity contribution in [2.75, 3.05) is 7.05 Å². The molecule has 1 atom stereocenters. The number of nitrogens with one attached hydrogen (secondary N) is 1. The van der Waals surface area contributed by atoms with Crippen molar-refractivity contribution in [3.8, 4) is 0 Å². The molecule has 1 heterocycles. The van der Waals surface area contributed by atoms with Gasteiger partial charge in [0, 0.05) is 12.6 Å². The highest BCUT2D eigenvalue weighted by molar-refractivity contribution is 5.78. The molecule has 7 heteroatoms. The first kappa shape index (κ1) is 13.0. The number of rotatable bonds is 2. The zero-order valence-electron chi connectivity index (χ0n) is 10.4. The molecule has 0 saturated heterocycles. The van der Waals surface area contributed by atoms with Crippen molar-refractivity contribution in [1.29, 1.82) is 0 Å². The average molecular weight is 265 g/mol. The third-order valence-corrected chi connectivity index (χ3v) is 3.13. The number of amides is 2. The Bertz CT molecular complexity index is 585. The zero-order chi connectivity index (χ0) is 14.2. The standard InChI is InChI=1S/C12H12FN3O3/c1-7-11(16(18)19)10(14-12(17)15(7)2)8-5-3-4-6-9(8)13/h3-6,10H,1-2H3,(H,14,17)/t10-/m1/s1. The third kappa shape index (κ3) is 2.14. The summed E-state index contributed by atoms with van der Waals surface area (Å²) in [5.41, 5.74) is 0.0456. The maximum absolute atomic E-state index is 13.8. The van der Waals surface area contributed by atoms with E-state index in [-0.39, 0.29) is 17.0 Å². The smallest absolute Gasteiger partial charge is 0.320 e. The average Bonchev–Trinajstić information content (AvgIpc) is 2.35. The van der Waals surface area contributed by atoms with Crippen molar-refractivity contribution in [3.05, 3.63) is 57.2 Å². The summed E-state index contributed by atoms with van der Waals surface area (Å²) >= 11 is 0. The Morgan fingerprint density at radius 2 is 2.05 bits per heavy atom. The molecule has 2 amide bonds. The zero-order valence-corrected chi connectivity index (χ0v) is 10.4. The van der Waals surface area contributed by atoms with Gasteiger partial charge in [0.25, 0.3) is 5.70 Å². The lowest BCUT2D eigenvalue weighted by molar-refractivity contribution is -0.433. The minimum atomic E-state index is -1.08. The molecule has 1 aliphatic heterocycles. The van der Waals surface area contributed by atoms with E-state index in [4.69, 9.17) is 0 Å². The first-order valence-electron chi connectivity index (χ1n) is 5.57. The Balaban J connectivity index is 2.59. The third-order valence-electron chi connectivity index (χ3n) is 3.13. The highest BCUT2D eigenvalue weighted by Crippen LogP contribution is 2.31. The molecule has 0 aliphatic carbocycles. The minimum Gasteiger partial charge on any atom is -0.320 e. The van der Waals surface area contributed by atoms with Crippen LogP contribution in [0.15, 0.2) is 35.7 Å². The van der Waals surface area contributed by atoms with E-state index in [0.717, 1.165) is 4.90 Å². The van der Waals surface area contributed by atoms with E-state index in [9.17, 15) is 19.3 Å². The number of carbonyl (C=O) groups excluding carboxylic acids is 1. The van der Waals surface area contributed by atoms with Crippen LogP contribution in [-0.2, 0) is 0 Å². The van der Waals surface area contributed by atoms with Crippen LogP contribution in [0.5, 0.6) is 0 Å². The molecule has 0 unspecified atom stereocenters. The first-order chi connectivity index (χ1) is 8.93. The molecule has 0 fully saturated rings. The van der Waals surface area contributed by atoms with E-state index >= 15 is 0 Å². The Labute approximate surface area is 108 Å². The fourth-order valence-corrected chi connectivity index (χ4v) is 1.99. The number of benzene rings is 1. The van der Waals surface area contributed by atoms with Crippen molar-refractivity contribution in [2.24, 2.45) is 0 Å². The molecule has 1 aromatic carbocycles. The fourth-order valence-electron chi connectivity index (χ4n) is 1.99. The molecular formula is C12H12FN3O3. The number of allylic oxidation sites excluding steroid dienone is 1. The lowest BCUT2D eigenvalue weighted by Gasteiger charge is -2.29. The van der Waals surface area contributed by atoms with Gasteiger partial charge in [-0.05, 0) is 13.0 Å². The molecular weight excluding hydrogens is 253 g/mol. The van der Waals surface area contributed by atoms with Crippen LogP contribution in [0.2, 0.25) is 0 Å². The summed E-state index contributed by atoms with van der Waals surface area (Å²) in [5, 5.41) is 13.6. The highest BCUT2D eigenvalue weighted by atomic mass is 19.1. The maximum atomic E-state index is 13.8. The topological polar surface area (TPSA) is 75.5 Å². The largest absolute Gasteiger partial charge is 0.322 e. The van der Waals surface area contributed by atoms with Gasteiger partial charge in [0.1, 0.15) is 5.82 Å². The predicted octanol–water partition coefficient (Wildman–Crippen LogP) is 2.03. The lowest BCUT2D eigenvalue weighted by Crippen LogP contribution is -2.46. The lowest BCUT2D eigenvalue weighted by atomic mass is 10.0.